The number of esters is 1. The molecule has 3 heterocycles. The molecule has 3 aromatic carbocycles. The van der Waals surface area contributed by atoms with E-state index in [9.17, 15) is 9.90 Å². The first-order valence-electron chi connectivity index (χ1n) is 16.7. The number of aliphatic hydroxyl groups excluding tert-OH is 1. The van der Waals surface area contributed by atoms with E-state index in [1.807, 2.05) is 12.1 Å². The zero-order chi connectivity index (χ0) is 35.1. The van der Waals surface area contributed by atoms with E-state index in [0.717, 1.165) is 42.5 Å². The van der Waals surface area contributed by atoms with Crippen molar-refractivity contribution in [3.05, 3.63) is 107 Å². The third-order valence-electron chi connectivity index (χ3n) is 9.06. The number of carbonyl (C=O) groups is 1. The molecular formula is C37H39F2N7O4. The number of aliphatic hydroxyl groups is 1. The van der Waals surface area contributed by atoms with Crippen molar-refractivity contribution < 1.29 is 28.2 Å². The molecule has 260 valence electrons. The van der Waals surface area contributed by atoms with Gasteiger partial charge in [0.1, 0.15) is 17.4 Å². The summed E-state index contributed by atoms with van der Waals surface area (Å²) in [6.07, 6.45) is 8.33. The molecule has 50 heavy (non-hydrogen) atoms. The lowest BCUT2D eigenvalue weighted by atomic mass is 9.75. The Morgan fingerprint density at radius 1 is 1.02 bits per heavy atom. The number of halogens is 2. The van der Waals surface area contributed by atoms with Gasteiger partial charge in [-0.1, -0.05) is 42.3 Å². The molecule has 6 rings (SSSR count). The highest BCUT2D eigenvalue weighted by Gasteiger charge is 2.31. The lowest BCUT2D eigenvalue weighted by Crippen LogP contribution is -2.24. The van der Waals surface area contributed by atoms with Crippen molar-refractivity contribution in [2.75, 3.05) is 6.61 Å². The molecular weight excluding hydrogens is 644 g/mol. The van der Waals surface area contributed by atoms with Gasteiger partial charge in [-0.15, -0.1) is 10.2 Å². The zero-order valence-corrected chi connectivity index (χ0v) is 27.9. The second-order valence-electron chi connectivity index (χ2n) is 12.4. The Kier molecular flexibility index (Phi) is 10.6. The number of unbranched alkanes of at least 4 members (excludes halogenated alkanes) is 2. The lowest BCUT2D eigenvalue weighted by Gasteiger charge is -2.30. The number of hydrogen-bond donors (Lipinski definition) is 4. The molecule has 0 radical (unpaired) electrons. The Morgan fingerprint density at radius 2 is 1.90 bits per heavy atom. The van der Waals surface area contributed by atoms with Crippen LogP contribution >= 0.6 is 0 Å². The molecule has 0 amide bonds. The summed E-state index contributed by atoms with van der Waals surface area (Å²) in [7, 11) is 0. The van der Waals surface area contributed by atoms with Crippen LogP contribution in [0, 0.1) is 11.6 Å². The van der Waals surface area contributed by atoms with E-state index < -0.39 is 23.7 Å². The van der Waals surface area contributed by atoms with Gasteiger partial charge in [0.2, 0.25) is 0 Å². The van der Waals surface area contributed by atoms with Gasteiger partial charge in [0.25, 0.3) is 0 Å². The number of aryl methyl sites for hydroxylation is 2. The Labute approximate surface area is 287 Å². The maximum absolute atomic E-state index is 15.4. The van der Waals surface area contributed by atoms with Gasteiger partial charge in [0.05, 0.1) is 18.8 Å². The normalized spacial score (nSPS) is 12.7. The first-order chi connectivity index (χ1) is 24.3. The number of nitrogens with zero attached hydrogens (tertiary/aromatic N) is 4. The fraction of sp³-hybridized carbons (Fsp3) is 0.324. The van der Waals surface area contributed by atoms with E-state index in [1.54, 1.807) is 25.4 Å². The number of benzene rings is 3. The van der Waals surface area contributed by atoms with Crippen molar-refractivity contribution in [2.24, 2.45) is 0 Å². The van der Waals surface area contributed by atoms with E-state index in [0.29, 0.717) is 36.2 Å². The number of nitrogens with one attached hydrogen (secondary N) is 3. The number of imidazole rings is 1. The predicted molar refractivity (Wildman–Crippen MR) is 182 cm³/mol. The van der Waals surface area contributed by atoms with Crippen molar-refractivity contribution >= 4 is 16.9 Å². The quantitative estimate of drug-likeness (QED) is 0.0615. The summed E-state index contributed by atoms with van der Waals surface area (Å²) in [5, 5.41) is 24.9. The van der Waals surface area contributed by atoms with Crippen LogP contribution in [-0.4, -0.2) is 53.3 Å². The van der Waals surface area contributed by atoms with Crippen LogP contribution < -0.4 is 4.74 Å². The minimum Gasteiger partial charge on any atom is -0.466 e. The summed E-state index contributed by atoms with van der Waals surface area (Å²) in [4.78, 5) is 23.0. The number of tetrazole rings is 1. The van der Waals surface area contributed by atoms with Crippen molar-refractivity contribution in [3.8, 4) is 22.9 Å². The van der Waals surface area contributed by atoms with E-state index >= 15 is 8.78 Å². The second kappa shape index (κ2) is 15.4. The van der Waals surface area contributed by atoms with Gasteiger partial charge in [0, 0.05) is 58.9 Å². The third-order valence-corrected chi connectivity index (χ3v) is 9.06. The molecule has 0 saturated heterocycles. The van der Waals surface area contributed by atoms with Crippen LogP contribution in [0.3, 0.4) is 0 Å². The van der Waals surface area contributed by atoms with E-state index in [4.69, 9.17) is 9.47 Å². The molecule has 11 nitrogen and oxygen atoms in total. The molecule has 0 saturated carbocycles. The number of aromatic amines is 3. The monoisotopic (exact) mass is 683 g/mol. The Bertz CT molecular complexity index is 2060. The van der Waals surface area contributed by atoms with Gasteiger partial charge in [-0.3, -0.25) is 4.79 Å². The first-order valence-corrected chi connectivity index (χ1v) is 16.7. The molecule has 4 N–H and O–H groups in total. The molecule has 0 spiro atoms. The van der Waals surface area contributed by atoms with E-state index in [-0.39, 0.29) is 40.8 Å². The third kappa shape index (κ3) is 7.57. The van der Waals surface area contributed by atoms with Crippen LogP contribution in [-0.2, 0) is 34.4 Å². The van der Waals surface area contributed by atoms with Gasteiger partial charge < -0.3 is 24.5 Å². The van der Waals surface area contributed by atoms with Gasteiger partial charge >= 0.3 is 5.97 Å². The fourth-order valence-electron chi connectivity index (χ4n) is 6.31. The van der Waals surface area contributed by atoms with Gasteiger partial charge in [-0.05, 0) is 68.5 Å². The molecule has 1 unspecified atom stereocenters. The van der Waals surface area contributed by atoms with Crippen molar-refractivity contribution in [2.45, 2.75) is 70.8 Å². The minimum absolute atomic E-state index is 0.132. The largest absolute Gasteiger partial charge is 0.466 e. The van der Waals surface area contributed by atoms with E-state index in [1.165, 1.54) is 24.3 Å². The average molecular weight is 684 g/mol. The number of hydrogen-bond acceptors (Lipinski definition) is 8. The number of rotatable bonds is 16. The second-order valence-corrected chi connectivity index (χ2v) is 12.4. The highest BCUT2D eigenvalue weighted by molar-refractivity contribution is 5.85. The van der Waals surface area contributed by atoms with Crippen LogP contribution in [0.25, 0.3) is 22.3 Å². The molecule has 0 bridgehead atoms. The van der Waals surface area contributed by atoms with Gasteiger partial charge in [-0.2, -0.15) is 5.21 Å². The SMILES string of the molecule is CCOC(=O)CCc1cccc(C(C)(CCCCCc2nn[nH]n2)c2cnc(-c3cc(Oc4c(F)cc5[nH]ccc5c4CO)ccc3F)[nH]2)c1. The number of fused-ring (bicyclic) bond motifs is 1. The van der Waals surface area contributed by atoms with Crippen molar-refractivity contribution in [3.63, 3.8) is 0 Å². The van der Waals surface area contributed by atoms with Crippen LogP contribution in [0.5, 0.6) is 11.5 Å². The standard InChI is InChI=1S/C37H39F2N7O4/c1-3-49-34(48)14-11-23-8-7-9-24(18-23)37(2,16-6-4-5-10-33-43-45-46-44-33)32-21-41-36(42-32)27-19-25(12-13-29(27)38)50-35-28(22-47)26-15-17-40-31(26)20-30(35)39/h7-9,12-13,15,17-21,40,47H,3-6,10-11,14,16,22H2,1-2H3,(H,41,42)(H,43,44,45,46). The maximum atomic E-state index is 15.4. The molecule has 3 aromatic heterocycles. The lowest BCUT2D eigenvalue weighted by molar-refractivity contribution is -0.143. The minimum atomic E-state index is -0.660. The van der Waals surface area contributed by atoms with E-state index in [2.05, 4.69) is 54.6 Å². The summed E-state index contributed by atoms with van der Waals surface area (Å²) < 4.78 is 41.6. The number of aromatic nitrogens is 7. The van der Waals surface area contributed by atoms with Crippen molar-refractivity contribution in [1.82, 2.24) is 35.6 Å². The fourth-order valence-corrected chi connectivity index (χ4v) is 6.31. The van der Waals surface area contributed by atoms with Gasteiger partial charge in [-0.25, -0.2) is 13.8 Å². The Morgan fingerprint density at radius 3 is 2.70 bits per heavy atom. The molecule has 1 atom stereocenters. The first kappa shape index (κ1) is 34.4. The predicted octanol–water partition coefficient (Wildman–Crippen LogP) is 7.24. The van der Waals surface area contributed by atoms with Crippen molar-refractivity contribution in [1.29, 1.82) is 0 Å². The molecule has 6 aromatic rings. The number of H-pyrrole nitrogens is 3. The highest BCUT2D eigenvalue weighted by atomic mass is 19.1. The summed E-state index contributed by atoms with van der Waals surface area (Å²) in [6.45, 7) is 3.80. The Hall–Kier alpha value is -5.43. The smallest absolute Gasteiger partial charge is 0.306 e. The summed E-state index contributed by atoms with van der Waals surface area (Å²) >= 11 is 0. The van der Waals surface area contributed by atoms with Crippen LogP contribution in [0.1, 0.15) is 74.2 Å². The number of ether oxygens (including phenoxy) is 2. The van der Waals surface area contributed by atoms with Crippen LogP contribution in [0.2, 0.25) is 0 Å². The topological polar surface area (TPSA) is 155 Å². The summed E-state index contributed by atoms with van der Waals surface area (Å²) in [5.74, 6) is -0.427. The zero-order valence-electron chi connectivity index (χ0n) is 27.9. The average Bonchev–Trinajstić information content (AvgIpc) is 3.92. The summed E-state index contributed by atoms with van der Waals surface area (Å²) in [5.41, 5.74) is 3.22. The van der Waals surface area contributed by atoms with Gasteiger partial charge in [0.15, 0.2) is 17.4 Å². The molecule has 0 aliphatic carbocycles. The maximum Gasteiger partial charge on any atom is 0.306 e. The molecule has 0 aliphatic rings. The Balaban J connectivity index is 1.28. The van der Waals surface area contributed by atoms with Crippen LogP contribution in [0.4, 0.5) is 8.78 Å². The summed E-state index contributed by atoms with van der Waals surface area (Å²) in [6, 6.07) is 15.3. The number of carbonyl (C=O) groups excluding carboxylic acids is 1. The molecule has 0 fully saturated rings. The highest BCUT2D eigenvalue weighted by Crippen LogP contribution is 2.39. The molecule has 13 heteroatoms. The molecule has 0 aliphatic heterocycles. The van der Waals surface area contributed by atoms with Crippen LogP contribution in [0.15, 0.2) is 67.0 Å².